The molecule has 1 aliphatic rings. The van der Waals surface area contributed by atoms with Crippen molar-refractivity contribution in [1.29, 1.82) is 0 Å². The van der Waals surface area contributed by atoms with Gasteiger partial charge in [-0.1, -0.05) is 18.2 Å². The number of hydrogen-bond acceptors (Lipinski definition) is 5. The third-order valence-corrected chi connectivity index (χ3v) is 5.25. The third-order valence-electron chi connectivity index (χ3n) is 3.39. The van der Waals surface area contributed by atoms with Crippen LogP contribution in [-0.2, 0) is 26.1 Å². The summed E-state index contributed by atoms with van der Waals surface area (Å²) < 4.78 is 33.0. The Kier molecular flexibility index (Phi) is 5.97. The maximum absolute atomic E-state index is 12.6. The Morgan fingerprint density at radius 3 is 2.67 bits per heavy atom. The summed E-state index contributed by atoms with van der Waals surface area (Å²) in [6.45, 7) is 7.01. The van der Waals surface area contributed by atoms with Gasteiger partial charge in [-0.3, -0.25) is 4.79 Å². The minimum Gasteiger partial charge on any atom is -0.378 e. The Morgan fingerprint density at radius 1 is 1.33 bits per heavy atom. The van der Waals surface area contributed by atoms with E-state index in [0.29, 0.717) is 25.3 Å². The zero-order valence-electron chi connectivity index (χ0n) is 14.3. The van der Waals surface area contributed by atoms with Gasteiger partial charge in [-0.25, -0.2) is 13.1 Å². The summed E-state index contributed by atoms with van der Waals surface area (Å²) in [5.41, 5.74) is -0.0437. The first kappa shape index (κ1) is 18.9. The molecule has 1 amide bonds. The lowest BCUT2D eigenvalue weighted by atomic mass is 10.1. The maximum Gasteiger partial charge on any atom is 0.241 e. The van der Waals surface area contributed by atoms with Crippen molar-refractivity contribution >= 4 is 15.9 Å². The number of benzene rings is 1. The van der Waals surface area contributed by atoms with Gasteiger partial charge in [0.2, 0.25) is 15.9 Å². The molecule has 0 aliphatic carbocycles. The first-order valence-electron chi connectivity index (χ1n) is 7.90. The molecule has 1 heterocycles. The Bertz CT molecular complexity index is 677. The van der Waals surface area contributed by atoms with Gasteiger partial charge < -0.3 is 15.4 Å². The van der Waals surface area contributed by atoms with Crippen LogP contribution in [0.1, 0.15) is 26.3 Å². The van der Waals surface area contributed by atoms with Crippen LogP contribution in [0.5, 0.6) is 0 Å². The van der Waals surface area contributed by atoms with E-state index < -0.39 is 21.6 Å². The van der Waals surface area contributed by atoms with E-state index in [1.54, 1.807) is 39.0 Å². The van der Waals surface area contributed by atoms with E-state index in [1.165, 1.54) is 6.07 Å². The van der Waals surface area contributed by atoms with Crippen LogP contribution in [0.25, 0.3) is 0 Å². The molecule has 0 aromatic heterocycles. The van der Waals surface area contributed by atoms with Crippen molar-refractivity contribution in [3.63, 3.8) is 0 Å². The van der Waals surface area contributed by atoms with Crippen LogP contribution in [0, 0.1) is 0 Å². The molecule has 1 unspecified atom stereocenters. The topological polar surface area (TPSA) is 96.5 Å². The van der Waals surface area contributed by atoms with Gasteiger partial charge in [-0.15, -0.1) is 0 Å². The van der Waals surface area contributed by atoms with Crippen molar-refractivity contribution in [2.75, 3.05) is 19.8 Å². The van der Waals surface area contributed by atoms with Crippen LogP contribution < -0.4 is 15.4 Å². The molecule has 1 aromatic rings. The predicted octanol–water partition coefficient (Wildman–Crippen LogP) is 0.368. The monoisotopic (exact) mass is 355 g/mol. The molecule has 24 heavy (non-hydrogen) atoms. The van der Waals surface area contributed by atoms with Crippen LogP contribution >= 0.6 is 0 Å². The summed E-state index contributed by atoms with van der Waals surface area (Å²) in [6.07, 6.45) is 0. The molecule has 8 heteroatoms. The molecule has 1 aliphatic heterocycles. The minimum atomic E-state index is -3.66. The lowest BCUT2D eigenvalue weighted by molar-refractivity contribution is -0.126. The third kappa shape index (κ3) is 5.27. The highest BCUT2D eigenvalue weighted by Crippen LogP contribution is 2.17. The van der Waals surface area contributed by atoms with Crippen LogP contribution in [-0.4, -0.2) is 45.7 Å². The van der Waals surface area contributed by atoms with Crippen molar-refractivity contribution in [2.24, 2.45) is 0 Å². The van der Waals surface area contributed by atoms with Crippen molar-refractivity contribution in [2.45, 2.75) is 43.8 Å². The van der Waals surface area contributed by atoms with E-state index >= 15 is 0 Å². The number of morpholine rings is 1. The average molecular weight is 355 g/mol. The fourth-order valence-electron chi connectivity index (χ4n) is 2.41. The van der Waals surface area contributed by atoms with Crippen LogP contribution in [0.4, 0.5) is 0 Å². The quantitative estimate of drug-likeness (QED) is 0.709. The predicted molar refractivity (Wildman–Crippen MR) is 91.0 cm³/mol. The first-order chi connectivity index (χ1) is 11.2. The van der Waals surface area contributed by atoms with Crippen molar-refractivity contribution in [3.8, 4) is 0 Å². The van der Waals surface area contributed by atoms with E-state index in [2.05, 4.69) is 15.4 Å². The Hall–Kier alpha value is -1.48. The molecular weight excluding hydrogens is 330 g/mol. The molecule has 1 atom stereocenters. The summed E-state index contributed by atoms with van der Waals surface area (Å²) in [5, 5.41) is 5.83. The second-order valence-corrected chi connectivity index (χ2v) is 8.41. The van der Waals surface area contributed by atoms with E-state index in [-0.39, 0.29) is 17.3 Å². The highest BCUT2D eigenvalue weighted by Gasteiger charge is 2.25. The standard InChI is InChI=1S/C16H25N3O4S/c1-16(2,3)19-24(21,22)14-7-5-4-6-12(14)10-18-15(20)13-11-23-9-8-17-13/h4-7,13,17,19H,8-11H2,1-3H3,(H,18,20). The van der Waals surface area contributed by atoms with Gasteiger partial charge in [0.1, 0.15) is 6.04 Å². The van der Waals surface area contributed by atoms with Crippen LogP contribution in [0.15, 0.2) is 29.2 Å². The van der Waals surface area contributed by atoms with Crippen molar-refractivity contribution < 1.29 is 17.9 Å². The fraction of sp³-hybridized carbons (Fsp3) is 0.562. The average Bonchev–Trinajstić information content (AvgIpc) is 2.51. The van der Waals surface area contributed by atoms with Crippen molar-refractivity contribution in [3.05, 3.63) is 29.8 Å². The number of amides is 1. The number of hydrogen-bond donors (Lipinski definition) is 3. The molecule has 3 N–H and O–H groups in total. The molecule has 134 valence electrons. The zero-order chi connectivity index (χ0) is 17.8. The largest absolute Gasteiger partial charge is 0.378 e. The van der Waals surface area contributed by atoms with Crippen LogP contribution in [0.2, 0.25) is 0 Å². The highest BCUT2D eigenvalue weighted by atomic mass is 32.2. The molecule has 1 fully saturated rings. The number of carbonyl (C=O) groups excluding carboxylic acids is 1. The maximum atomic E-state index is 12.6. The first-order valence-corrected chi connectivity index (χ1v) is 9.38. The highest BCUT2D eigenvalue weighted by molar-refractivity contribution is 7.89. The lowest BCUT2D eigenvalue weighted by Crippen LogP contribution is -2.51. The second kappa shape index (κ2) is 7.60. The molecule has 0 radical (unpaired) electrons. The number of nitrogens with one attached hydrogen (secondary N) is 3. The molecule has 0 bridgehead atoms. The zero-order valence-corrected chi connectivity index (χ0v) is 15.1. The Balaban J connectivity index is 2.10. The molecule has 0 saturated carbocycles. The molecule has 1 aromatic carbocycles. The second-order valence-electron chi connectivity index (χ2n) is 6.76. The van der Waals surface area contributed by atoms with E-state index in [4.69, 9.17) is 4.74 Å². The summed E-state index contributed by atoms with van der Waals surface area (Å²) >= 11 is 0. The van der Waals surface area contributed by atoms with Gasteiger partial charge in [-0.2, -0.15) is 0 Å². The number of rotatable bonds is 5. The minimum absolute atomic E-state index is 0.137. The molecule has 0 spiro atoms. The SMILES string of the molecule is CC(C)(C)NS(=O)(=O)c1ccccc1CNC(=O)C1COCCN1. The fourth-order valence-corrected chi connectivity index (χ4v) is 4.07. The summed E-state index contributed by atoms with van der Waals surface area (Å²) in [4.78, 5) is 12.3. The van der Waals surface area contributed by atoms with Gasteiger partial charge in [0, 0.05) is 18.6 Å². The van der Waals surface area contributed by atoms with Crippen molar-refractivity contribution in [1.82, 2.24) is 15.4 Å². The summed E-state index contributed by atoms with van der Waals surface area (Å²) in [6, 6.07) is 6.24. The summed E-state index contributed by atoms with van der Waals surface area (Å²) in [7, 11) is -3.66. The Labute approximate surface area is 143 Å². The summed E-state index contributed by atoms with van der Waals surface area (Å²) in [5.74, 6) is -0.203. The smallest absolute Gasteiger partial charge is 0.241 e. The van der Waals surface area contributed by atoms with Gasteiger partial charge >= 0.3 is 0 Å². The Morgan fingerprint density at radius 2 is 2.04 bits per heavy atom. The van der Waals surface area contributed by atoms with Gasteiger partial charge in [0.15, 0.2) is 0 Å². The van der Waals surface area contributed by atoms with Gasteiger partial charge in [-0.05, 0) is 32.4 Å². The lowest BCUT2D eigenvalue weighted by Gasteiger charge is -2.24. The normalized spacial score (nSPS) is 19.0. The van der Waals surface area contributed by atoms with E-state index in [0.717, 1.165) is 0 Å². The van der Waals surface area contributed by atoms with Crippen LogP contribution in [0.3, 0.4) is 0 Å². The number of sulfonamides is 1. The molecule has 7 nitrogen and oxygen atoms in total. The number of ether oxygens (including phenoxy) is 1. The molecule has 1 saturated heterocycles. The van der Waals surface area contributed by atoms with Gasteiger partial charge in [0.05, 0.1) is 18.1 Å². The molecule has 2 rings (SSSR count). The van der Waals surface area contributed by atoms with Gasteiger partial charge in [0.25, 0.3) is 0 Å². The van der Waals surface area contributed by atoms with E-state index in [1.807, 2.05) is 0 Å². The van der Waals surface area contributed by atoms with E-state index in [9.17, 15) is 13.2 Å². The number of carbonyl (C=O) groups is 1. The molecular formula is C16H25N3O4S.